The molecule has 4 heterocycles. The molecule has 1 aliphatic heterocycles. The first-order valence-electron chi connectivity index (χ1n) is 12.7. The van der Waals surface area contributed by atoms with Gasteiger partial charge in [-0.25, -0.2) is 19.7 Å². The summed E-state index contributed by atoms with van der Waals surface area (Å²) in [6, 6.07) is 7.97. The fourth-order valence-corrected chi connectivity index (χ4v) is 4.51. The number of carbonyl (C=O) groups excluding carboxylic acids is 2. The molecule has 11 nitrogen and oxygen atoms in total. The van der Waals surface area contributed by atoms with Crippen molar-refractivity contribution in [2.75, 3.05) is 25.0 Å². The third-order valence-electron chi connectivity index (χ3n) is 6.36. The molecule has 0 fully saturated rings. The number of H-pyrrole nitrogens is 1. The Morgan fingerprint density at radius 1 is 1.13 bits per heavy atom. The van der Waals surface area contributed by atoms with E-state index in [0.717, 1.165) is 45.4 Å². The molecular weight excluding hydrogens is 482 g/mol. The first-order valence-corrected chi connectivity index (χ1v) is 12.7. The predicted octanol–water partition coefficient (Wildman–Crippen LogP) is 3.78. The van der Waals surface area contributed by atoms with E-state index in [0.29, 0.717) is 32.0 Å². The quantitative estimate of drug-likeness (QED) is 0.309. The van der Waals surface area contributed by atoms with Gasteiger partial charge in [0, 0.05) is 50.0 Å². The average Bonchev–Trinajstić information content (AvgIpc) is 3.48. The van der Waals surface area contributed by atoms with Crippen molar-refractivity contribution in [1.82, 2.24) is 40.0 Å². The van der Waals surface area contributed by atoms with Crippen LogP contribution in [0.15, 0.2) is 43.0 Å². The maximum absolute atomic E-state index is 12.5. The first kappa shape index (κ1) is 25.2. The molecule has 0 spiro atoms. The monoisotopic (exact) mass is 515 g/mol. The Morgan fingerprint density at radius 2 is 1.97 bits per heavy atom. The molecule has 4 aromatic rings. The zero-order valence-corrected chi connectivity index (χ0v) is 22.1. The second-order valence-electron chi connectivity index (χ2n) is 10.5. The van der Waals surface area contributed by atoms with Crippen molar-refractivity contribution in [1.29, 1.82) is 0 Å². The van der Waals surface area contributed by atoms with Crippen LogP contribution >= 0.6 is 0 Å². The molecule has 0 atom stereocenters. The summed E-state index contributed by atoms with van der Waals surface area (Å²) in [6.45, 7) is 9.81. The minimum absolute atomic E-state index is 0.0461. The van der Waals surface area contributed by atoms with Gasteiger partial charge in [-0.15, -0.1) is 0 Å². The maximum Gasteiger partial charge on any atom is 0.318 e. The standard InChI is InChI=1S/C27H33N9O2/c1-17(37)28-9-12-36-16-31-21-6-5-19(13-23(21)36)32-24-20-14-22(33-25(20)30-15-29-24)18-7-10-35(11-8-18)26(38)34-27(2,3)4/h5-7,13-16H,8-12H2,1-4H3,(H,28,37)(H,34,38)(H2,29,30,32,33). The molecule has 0 aliphatic carbocycles. The number of benzene rings is 1. The lowest BCUT2D eigenvalue weighted by atomic mass is 10.0. The van der Waals surface area contributed by atoms with Crippen molar-refractivity contribution in [3.8, 4) is 0 Å². The van der Waals surface area contributed by atoms with Crippen molar-refractivity contribution in [3.63, 3.8) is 0 Å². The number of carbonyl (C=O) groups is 2. The van der Waals surface area contributed by atoms with Crippen LogP contribution in [-0.2, 0) is 11.3 Å². The van der Waals surface area contributed by atoms with E-state index in [9.17, 15) is 9.59 Å². The second-order valence-corrected chi connectivity index (χ2v) is 10.5. The number of urea groups is 1. The molecule has 198 valence electrons. The number of hydrogen-bond acceptors (Lipinski definition) is 6. The Morgan fingerprint density at radius 3 is 2.71 bits per heavy atom. The Balaban J connectivity index is 1.34. The number of nitrogens with one attached hydrogen (secondary N) is 4. The molecule has 1 aliphatic rings. The van der Waals surface area contributed by atoms with Gasteiger partial charge in [0.1, 0.15) is 17.8 Å². The van der Waals surface area contributed by atoms with Crippen LogP contribution < -0.4 is 16.0 Å². The highest BCUT2D eigenvalue weighted by atomic mass is 16.2. The van der Waals surface area contributed by atoms with Crippen LogP contribution in [0.5, 0.6) is 0 Å². The van der Waals surface area contributed by atoms with Gasteiger partial charge in [-0.3, -0.25) is 4.79 Å². The molecule has 11 heteroatoms. The second kappa shape index (κ2) is 10.2. The summed E-state index contributed by atoms with van der Waals surface area (Å²) in [5.41, 5.74) is 5.32. The molecule has 3 aromatic heterocycles. The third-order valence-corrected chi connectivity index (χ3v) is 6.36. The lowest BCUT2D eigenvalue weighted by Crippen LogP contribution is -2.49. The number of aromatic nitrogens is 5. The molecule has 0 saturated carbocycles. The van der Waals surface area contributed by atoms with Gasteiger partial charge in [-0.2, -0.15) is 0 Å². The van der Waals surface area contributed by atoms with Crippen molar-refractivity contribution >= 4 is 51.1 Å². The molecule has 1 aromatic carbocycles. The molecule has 0 bridgehead atoms. The average molecular weight is 516 g/mol. The number of rotatable bonds is 6. The number of aromatic amines is 1. The molecule has 3 amide bonds. The number of amides is 3. The van der Waals surface area contributed by atoms with Crippen LogP contribution in [0.1, 0.15) is 39.8 Å². The minimum atomic E-state index is -0.267. The van der Waals surface area contributed by atoms with E-state index < -0.39 is 0 Å². The molecular formula is C27H33N9O2. The number of hydrogen-bond donors (Lipinski definition) is 4. The highest BCUT2D eigenvalue weighted by molar-refractivity contribution is 5.93. The zero-order chi connectivity index (χ0) is 26.9. The van der Waals surface area contributed by atoms with Crippen LogP contribution in [0.25, 0.3) is 27.6 Å². The molecule has 5 rings (SSSR count). The van der Waals surface area contributed by atoms with Gasteiger partial charge >= 0.3 is 6.03 Å². The van der Waals surface area contributed by atoms with Crippen LogP contribution in [0.2, 0.25) is 0 Å². The van der Waals surface area contributed by atoms with E-state index >= 15 is 0 Å². The van der Waals surface area contributed by atoms with Gasteiger partial charge in [-0.05, 0) is 57.0 Å². The van der Waals surface area contributed by atoms with Crippen LogP contribution in [0, 0.1) is 0 Å². The summed E-state index contributed by atoms with van der Waals surface area (Å²) in [5.74, 6) is 0.645. The first-order chi connectivity index (χ1) is 18.2. The maximum atomic E-state index is 12.5. The third kappa shape index (κ3) is 5.61. The summed E-state index contributed by atoms with van der Waals surface area (Å²) < 4.78 is 2.01. The molecule has 4 N–H and O–H groups in total. The summed E-state index contributed by atoms with van der Waals surface area (Å²) in [6.07, 6.45) is 6.16. The van der Waals surface area contributed by atoms with Crippen molar-refractivity contribution in [2.24, 2.45) is 0 Å². The normalized spacial score (nSPS) is 14.0. The van der Waals surface area contributed by atoms with E-state index in [1.807, 2.05) is 48.4 Å². The smallest absolute Gasteiger partial charge is 0.318 e. The van der Waals surface area contributed by atoms with Crippen molar-refractivity contribution in [3.05, 3.63) is 48.7 Å². The molecule has 0 unspecified atom stereocenters. The van der Waals surface area contributed by atoms with E-state index in [2.05, 4.69) is 48.0 Å². The minimum Gasteiger partial charge on any atom is -0.355 e. The molecule has 38 heavy (non-hydrogen) atoms. The van der Waals surface area contributed by atoms with Gasteiger partial charge in [0.05, 0.1) is 22.7 Å². The molecule has 0 radical (unpaired) electrons. The number of nitrogens with zero attached hydrogens (tertiary/aromatic N) is 5. The van der Waals surface area contributed by atoms with Crippen LogP contribution in [-0.4, -0.2) is 66.5 Å². The van der Waals surface area contributed by atoms with Gasteiger partial charge in [0.15, 0.2) is 0 Å². The Bertz CT molecular complexity index is 1530. The van der Waals surface area contributed by atoms with E-state index in [1.54, 1.807) is 6.33 Å². The topological polar surface area (TPSA) is 133 Å². The van der Waals surface area contributed by atoms with E-state index in [4.69, 9.17) is 0 Å². The Hall–Kier alpha value is -4.41. The lowest BCUT2D eigenvalue weighted by molar-refractivity contribution is -0.118. The Labute approximate surface area is 220 Å². The lowest BCUT2D eigenvalue weighted by Gasteiger charge is -2.30. The van der Waals surface area contributed by atoms with Crippen LogP contribution in [0.3, 0.4) is 0 Å². The van der Waals surface area contributed by atoms with Crippen LogP contribution in [0.4, 0.5) is 16.3 Å². The summed E-state index contributed by atoms with van der Waals surface area (Å²) >= 11 is 0. The fourth-order valence-electron chi connectivity index (χ4n) is 4.51. The summed E-state index contributed by atoms with van der Waals surface area (Å²) in [7, 11) is 0. The van der Waals surface area contributed by atoms with Gasteiger partial charge in [0.2, 0.25) is 5.91 Å². The fraction of sp³-hybridized carbons (Fsp3) is 0.370. The number of anilines is 2. The van der Waals surface area contributed by atoms with Crippen molar-refractivity contribution < 1.29 is 9.59 Å². The van der Waals surface area contributed by atoms with E-state index in [-0.39, 0.29) is 17.5 Å². The number of imidazole rings is 1. The highest BCUT2D eigenvalue weighted by Gasteiger charge is 2.22. The zero-order valence-electron chi connectivity index (χ0n) is 22.1. The van der Waals surface area contributed by atoms with Gasteiger partial charge < -0.3 is 30.4 Å². The largest absolute Gasteiger partial charge is 0.355 e. The SMILES string of the molecule is CC(=O)NCCn1cnc2ccc(Nc3ncnc4[nH]c(C5=CCN(C(=O)NC(C)(C)C)CC5)cc34)cc21. The van der Waals surface area contributed by atoms with Gasteiger partial charge in [0.25, 0.3) is 0 Å². The number of fused-ring (bicyclic) bond motifs is 2. The summed E-state index contributed by atoms with van der Waals surface area (Å²) in [4.78, 5) is 42.3. The van der Waals surface area contributed by atoms with E-state index in [1.165, 1.54) is 13.3 Å². The predicted molar refractivity (Wildman–Crippen MR) is 148 cm³/mol. The van der Waals surface area contributed by atoms with Gasteiger partial charge in [-0.1, -0.05) is 6.08 Å². The molecule has 0 saturated heterocycles. The highest BCUT2D eigenvalue weighted by Crippen LogP contribution is 2.30. The van der Waals surface area contributed by atoms with Crippen molar-refractivity contribution in [2.45, 2.75) is 46.2 Å². The summed E-state index contributed by atoms with van der Waals surface area (Å²) in [5, 5.41) is 10.2. The Kier molecular flexibility index (Phi) is 6.75.